The number of carbonyl (C=O) groups excluding carboxylic acids is 2. The maximum absolute atomic E-state index is 12.5. The van der Waals surface area contributed by atoms with Crippen LogP contribution in [0.15, 0.2) is 34.1 Å². The van der Waals surface area contributed by atoms with Crippen LogP contribution in [-0.4, -0.2) is 26.5 Å². The predicted molar refractivity (Wildman–Crippen MR) is 102 cm³/mol. The summed E-state index contributed by atoms with van der Waals surface area (Å²) in [5.41, 5.74) is 0.657. The van der Waals surface area contributed by atoms with Crippen LogP contribution in [0.3, 0.4) is 0 Å². The van der Waals surface area contributed by atoms with Crippen molar-refractivity contribution in [3.63, 3.8) is 0 Å². The monoisotopic (exact) mass is 445 g/mol. The van der Waals surface area contributed by atoms with Gasteiger partial charge in [0.2, 0.25) is 15.9 Å². The van der Waals surface area contributed by atoms with E-state index in [0.717, 1.165) is 14.9 Å². The van der Waals surface area contributed by atoms with Crippen LogP contribution in [0.5, 0.6) is 0 Å². The van der Waals surface area contributed by atoms with Crippen LogP contribution in [0.2, 0.25) is 0 Å². The minimum atomic E-state index is -3.55. The van der Waals surface area contributed by atoms with E-state index < -0.39 is 15.9 Å². The zero-order valence-electron chi connectivity index (χ0n) is 13.4. The van der Waals surface area contributed by atoms with Gasteiger partial charge in [0, 0.05) is 17.5 Å². The number of anilines is 2. The Balaban J connectivity index is 2.26. The zero-order valence-corrected chi connectivity index (χ0v) is 16.6. The molecule has 7 nitrogen and oxygen atoms in total. The van der Waals surface area contributed by atoms with Gasteiger partial charge in [-0.05, 0) is 46.3 Å². The summed E-state index contributed by atoms with van der Waals surface area (Å²) in [5.74, 6) is -0.749. The molecular weight excluding hydrogens is 430 g/mol. The molecule has 2 aromatic rings. The average Bonchev–Trinajstić information content (AvgIpc) is 2.90. The van der Waals surface area contributed by atoms with Gasteiger partial charge in [-0.1, -0.05) is 0 Å². The highest BCUT2D eigenvalue weighted by Crippen LogP contribution is 2.24. The third kappa shape index (κ3) is 6.15. The Labute approximate surface area is 158 Å². The van der Waals surface area contributed by atoms with E-state index in [4.69, 9.17) is 0 Å². The molecule has 2 rings (SSSR count). The molecule has 0 aliphatic rings. The fourth-order valence-corrected chi connectivity index (χ4v) is 4.01. The van der Waals surface area contributed by atoms with Crippen LogP contribution in [0.4, 0.5) is 11.4 Å². The lowest BCUT2D eigenvalue weighted by Crippen LogP contribution is -2.24. The first-order valence-electron chi connectivity index (χ1n) is 7.06. The maximum atomic E-state index is 12.5. The molecule has 0 atom stereocenters. The maximum Gasteiger partial charge on any atom is 0.253 e. The van der Waals surface area contributed by atoms with Crippen molar-refractivity contribution >= 4 is 60.5 Å². The number of amides is 2. The van der Waals surface area contributed by atoms with E-state index in [9.17, 15) is 18.0 Å². The molecular formula is C15H16BrN3O4S2. The van der Waals surface area contributed by atoms with E-state index in [1.165, 1.54) is 36.5 Å². The Morgan fingerprint density at radius 2 is 1.92 bits per heavy atom. The molecule has 0 saturated carbocycles. The number of thiophene rings is 1. The average molecular weight is 446 g/mol. The molecule has 0 saturated heterocycles. The first kappa shape index (κ1) is 19.4. The quantitative estimate of drug-likeness (QED) is 0.635. The van der Waals surface area contributed by atoms with Crippen molar-refractivity contribution in [1.82, 2.24) is 5.32 Å². The summed E-state index contributed by atoms with van der Waals surface area (Å²) in [5, 5.41) is 5.31. The first-order valence-corrected chi connectivity index (χ1v) is 10.6. The third-order valence-corrected chi connectivity index (χ3v) is 5.15. The minimum Gasteiger partial charge on any atom is -0.347 e. The molecule has 134 valence electrons. The number of halogens is 1. The molecule has 2 amide bonds. The Hall–Kier alpha value is -1.91. The summed E-state index contributed by atoms with van der Waals surface area (Å²) >= 11 is 4.83. The van der Waals surface area contributed by atoms with Gasteiger partial charge in [-0.15, -0.1) is 11.3 Å². The van der Waals surface area contributed by atoms with Crippen LogP contribution in [0, 0.1) is 0 Å². The van der Waals surface area contributed by atoms with Crippen LogP contribution in [0.1, 0.15) is 22.2 Å². The zero-order chi connectivity index (χ0) is 18.6. The van der Waals surface area contributed by atoms with Crippen molar-refractivity contribution in [2.45, 2.75) is 13.5 Å². The van der Waals surface area contributed by atoms with Crippen LogP contribution in [0.25, 0.3) is 0 Å². The smallest absolute Gasteiger partial charge is 0.253 e. The molecule has 0 aliphatic carbocycles. The van der Waals surface area contributed by atoms with E-state index in [1.54, 1.807) is 0 Å². The normalized spacial score (nSPS) is 11.0. The lowest BCUT2D eigenvalue weighted by Gasteiger charge is -2.13. The van der Waals surface area contributed by atoms with Crippen LogP contribution in [-0.2, 0) is 21.4 Å². The highest BCUT2D eigenvalue weighted by molar-refractivity contribution is 9.11. The topological polar surface area (TPSA) is 104 Å². The molecule has 1 aromatic carbocycles. The van der Waals surface area contributed by atoms with E-state index in [0.29, 0.717) is 12.2 Å². The van der Waals surface area contributed by atoms with Gasteiger partial charge < -0.3 is 10.6 Å². The minimum absolute atomic E-state index is 0.118. The summed E-state index contributed by atoms with van der Waals surface area (Å²) < 4.78 is 26.3. The molecule has 0 aliphatic heterocycles. The van der Waals surface area contributed by atoms with Crippen molar-refractivity contribution in [1.29, 1.82) is 0 Å². The molecule has 3 N–H and O–H groups in total. The van der Waals surface area contributed by atoms with Gasteiger partial charge in [0.15, 0.2) is 0 Å². The number of nitrogens with one attached hydrogen (secondary N) is 3. The molecule has 0 spiro atoms. The van der Waals surface area contributed by atoms with E-state index in [2.05, 4.69) is 31.3 Å². The lowest BCUT2D eigenvalue weighted by atomic mass is 10.1. The highest BCUT2D eigenvalue weighted by Gasteiger charge is 2.16. The number of carbonyl (C=O) groups is 2. The number of rotatable bonds is 6. The van der Waals surface area contributed by atoms with Crippen LogP contribution < -0.4 is 15.4 Å². The van der Waals surface area contributed by atoms with Crippen molar-refractivity contribution in [2.75, 3.05) is 16.3 Å². The van der Waals surface area contributed by atoms with Crippen molar-refractivity contribution in [2.24, 2.45) is 0 Å². The van der Waals surface area contributed by atoms with Gasteiger partial charge in [0.25, 0.3) is 5.91 Å². The molecule has 10 heteroatoms. The van der Waals surface area contributed by atoms with E-state index >= 15 is 0 Å². The van der Waals surface area contributed by atoms with Gasteiger partial charge >= 0.3 is 0 Å². The SMILES string of the molecule is CC(=O)Nc1ccc(NS(C)(=O)=O)c(C(=O)NCc2ccc(Br)s2)c1. The second-order valence-electron chi connectivity index (χ2n) is 5.20. The summed E-state index contributed by atoms with van der Waals surface area (Å²) in [7, 11) is -3.55. The van der Waals surface area contributed by atoms with E-state index in [1.807, 2.05) is 12.1 Å². The standard InChI is InChI=1S/C15H16BrN3O4S2/c1-9(20)18-10-3-5-13(19-25(2,22)23)12(7-10)15(21)17-8-11-4-6-14(16)24-11/h3-7,19H,8H2,1-2H3,(H,17,21)(H,18,20). The van der Waals surface area contributed by atoms with Crippen molar-refractivity contribution in [3.8, 4) is 0 Å². The summed E-state index contributed by atoms with van der Waals surface area (Å²) in [6, 6.07) is 8.12. The number of hydrogen-bond donors (Lipinski definition) is 3. The third-order valence-electron chi connectivity index (χ3n) is 2.93. The molecule has 0 radical (unpaired) electrons. The van der Waals surface area contributed by atoms with Gasteiger partial charge in [0.05, 0.1) is 27.8 Å². The summed E-state index contributed by atoms with van der Waals surface area (Å²) in [4.78, 5) is 24.6. The van der Waals surface area contributed by atoms with Gasteiger partial charge in [-0.3, -0.25) is 14.3 Å². The van der Waals surface area contributed by atoms with Crippen LogP contribution >= 0.6 is 27.3 Å². The molecule has 1 heterocycles. The van der Waals surface area contributed by atoms with Gasteiger partial charge in [0.1, 0.15) is 0 Å². The summed E-state index contributed by atoms with van der Waals surface area (Å²) in [6.45, 7) is 1.65. The molecule has 1 aromatic heterocycles. The largest absolute Gasteiger partial charge is 0.347 e. The Morgan fingerprint density at radius 3 is 2.48 bits per heavy atom. The van der Waals surface area contributed by atoms with Gasteiger partial charge in [-0.2, -0.15) is 0 Å². The molecule has 25 heavy (non-hydrogen) atoms. The summed E-state index contributed by atoms with van der Waals surface area (Å²) in [6.07, 6.45) is 1.000. The number of benzene rings is 1. The molecule has 0 bridgehead atoms. The Bertz CT molecular complexity index is 909. The fraction of sp³-hybridized carbons (Fsp3) is 0.200. The van der Waals surface area contributed by atoms with Gasteiger partial charge in [-0.25, -0.2) is 8.42 Å². The first-order chi connectivity index (χ1) is 11.6. The number of sulfonamides is 1. The lowest BCUT2D eigenvalue weighted by molar-refractivity contribution is -0.114. The second kappa shape index (κ2) is 7.98. The fourth-order valence-electron chi connectivity index (χ4n) is 2.01. The van der Waals surface area contributed by atoms with E-state index in [-0.39, 0.29) is 17.2 Å². The van der Waals surface area contributed by atoms with Crippen molar-refractivity contribution in [3.05, 3.63) is 44.6 Å². The second-order valence-corrected chi connectivity index (χ2v) is 9.50. The molecule has 0 fully saturated rings. The Morgan fingerprint density at radius 1 is 1.20 bits per heavy atom. The predicted octanol–water partition coefficient (Wildman–Crippen LogP) is 2.77. The highest BCUT2D eigenvalue weighted by atomic mass is 79.9. The Kier molecular flexibility index (Phi) is 6.20. The molecule has 0 unspecified atom stereocenters. The van der Waals surface area contributed by atoms with Crippen molar-refractivity contribution < 1.29 is 18.0 Å². The number of hydrogen-bond acceptors (Lipinski definition) is 5.